The van der Waals surface area contributed by atoms with Crippen LogP contribution in [0.3, 0.4) is 0 Å². The Bertz CT molecular complexity index is 524. The maximum absolute atomic E-state index is 13.5. The van der Waals surface area contributed by atoms with Crippen LogP contribution in [-0.4, -0.2) is 26.8 Å². The van der Waals surface area contributed by atoms with E-state index in [4.69, 9.17) is 5.73 Å². The first-order valence-corrected chi connectivity index (χ1v) is 7.27. The van der Waals surface area contributed by atoms with Crippen molar-refractivity contribution in [1.82, 2.24) is 0 Å². The minimum atomic E-state index is -3.31. The molecule has 0 bridgehead atoms. The summed E-state index contributed by atoms with van der Waals surface area (Å²) < 4.78 is 36.2. The summed E-state index contributed by atoms with van der Waals surface area (Å²) in [6.45, 7) is 0. The van der Waals surface area contributed by atoms with Gasteiger partial charge in [0.1, 0.15) is 5.82 Å². The van der Waals surface area contributed by atoms with Gasteiger partial charge in [-0.2, -0.15) is 0 Å². The van der Waals surface area contributed by atoms with Gasteiger partial charge in [0.15, 0.2) is 9.84 Å². The number of anilines is 1. The minimum absolute atomic E-state index is 0.116. The van der Waals surface area contributed by atoms with E-state index < -0.39 is 15.7 Å². The van der Waals surface area contributed by atoms with Crippen molar-refractivity contribution in [2.75, 3.05) is 11.6 Å². The van der Waals surface area contributed by atoms with E-state index in [2.05, 4.69) is 5.32 Å². The van der Waals surface area contributed by atoms with Crippen molar-refractivity contribution < 1.29 is 12.8 Å². The highest BCUT2D eigenvalue weighted by Gasteiger charge is 2.26. The summed E-state index contributed by atoms with van der Waals surface area (Å²) in [6.07, 6.45) is 2.66. The zero-order valence-electron chi connectivity index (χ0n) is 9.48. The average Bonchev–Trinajstić information content (AvgIpc) is 2.17. The monoisotopic (exact) mass is 258 g/mol. The summed E-state index contributed by atoms with van der Waals surface area (Å²) in [4.78, 5) is 0.116. The zero-order valence-corrected chi connectivity index (χ0v) is 10.3. The van der Waals surface area contributed by atoms with Gasteiger partial charge in [-0.05, 0) is 31.0 Å². The molecule has 1 fully saturated rings. The summed E-state index contributed by atoms with van der Waals surface area (Å²) in [5.41, 5.74) is 5.86. The number of benzene rings is 1. The lowest BCUT2D eigenvalue weighted by molar-refractivity contribution is 0.372. The number of hydrogen-bond donors (Lipinski definition) is 2. The third-order valence-electron chi connectivity index (χ3n) is 2.90. The second kappa shape index (κ2) is 4.27. The first kappa shape index (κ1) is 12.3. The Morgan fingerprint density at radius 3 is 2.59 bits per heavy atom. The predicted octanol–water partition coefficient (Wildman–Crippen LogP) is 1.13. The molecule has 6 heteroatoms. The molecule has 1 aliphatic rings. The van der Waals surface area contributed by atoms with Crippen LogP contribution in [0.25, 0.3) is 0 Å². The van der Waals surface area contributed by atoms with Crippen molar-refractivity contribution in [3.05, 3.63) is 24.0 Å². The van der Waals surface area contributed by atoms with Crippen LogP contribution in [0.4, 0.5) is 10.1 Å². The molecular formula is C11H15FN2O2S. The summed E-state index contributed by atoms with van der Waals surface area (Å²) in [5.74, 6) is -0.446. The highest BCUT2D eigenvalue weighted by Crippen LogP contribution is 2.26. The fourth-order valence-electron chi connectivity index (χ4n) is 1.85. The van der Waals surface area contributed by atoms with Crippen molar-refractivity contribution in [2.24, 2.45) is 5.73 Å². The molecule has 4 nitrogen and oxygen atoms in total. The molecule has 3 N–H and O–H groups in total. The molecule has 1 aromatic rings. The van der Waals surface area contributed by atoms with E-state index in [1.54, 1.807) is 0 Å². The van der Waals surface area contributed by atoms with Crippen molar-refractivity contribution in [2.45, 2.75) is 29.8 Å². The van der Waals surface area contributed by atoms with E-state index in [1.807, 2.05) is 0 Å². The summed E-state index contributed by atoms with van der Waals surface area (Å²) in [5, 5.41) is 2.97. The van der Waals surface area contributed by atoms with Gasteiger partial charge >= 0.3 is 0 Å². The molecule has 17 heavy (non-hydrogen) atoms. The normalized spacial score (nSPS) is 24.2. The highest BCUT2D eigenvalue weighted by molar-refractivity contribution is 7.90. The first-order valence-electron chi connectivity index (χ1n) is 5.38. The topological polar surface area (TPSA) is 72.2 Å². The Hall–Kier alpha value is -1.14. The third-order valence-corrected chi connectivity index (χ3v) is 4.01. The summed E-state index contributed by atoms with van der Waals surface area (Å²) >= 11 is 0. The van der Waals surface area contributed by atoms with Crippen LogP contribution in [-0.2, 0) is 9.84 Å². The molecule has 94 valence electrons. The van der Waals surface area contributed by atoms with Crippen LogP contribution in [0, 0.1) is 5.82 Å². The minimum Gasteiger partial charge on any atom is -0.380 e. The molecule has 0 aromatic heterocycles. The van der Waals surface area contributed by atoms with E-state index in [9.17, 15) is 12.8 Å². The second-order valence-corrected chi connectivity index (χ2v) is 6.50. The van der Waals surface area contributed by atoms with Crippen LogP contribution in [0.5, 0.6) is 0 Å². The van der Waals surface area contributed by atoms with Crippen LogP contribution in [0.15, 0.2) is 23.1 Å². The molecule has 0 aliphatic heterocycles. The fraction of sp³-hybridized carbons (Fsp3) is 0.455. The Labute approximate surface area is 99.9 Å². The standard InChI is InChI=1S/C11H15FN2O2S/c1-17(15,16)9-2-3-10(12)11(6-9)14-8-4-7(13)5-8/h2-3,6-8,14H,4-5,13H2,1H3. The Morgan fingerprint density at radius 1 is 1.41 bits per heavy atom. The van der Waals surface area contributed by atoms with Gasteiger partial charge in [0.25, 0.3) is 0 Å². The predicted molar refractivity (Wildman–Crippen MR) is 64.1 cm³/mol. The lowest BCUT2D eigenvalue weighted by Crippen LogP contribution is -2.44. The number of hydrogen-bond acceptors (Lipinski definition) is 4. The molecule has 0 heterocycles. The van der Waals surface area contributed by atoms with Crippen LogP contribution < -0.4 is 11.1 Å². The number of rotatable bonds is 3. The maximum atomic E-state index is 13.5. The zero-order chi connectivity index (χ0) is 12.6. The van der Waals surface area contributed by atoms with E-state index in [0.717, 1.165) is 25.2 Å². The molecule has 0 radical (unpaired) electrons. The van der Waals surface area contributed by atoms with E-state index in [0.29, 0.717) is 0 Å². The quantitative estimate of drug-likeness (QED) is 0.797. The van der Waals surface area contributed by atoms with Crippen LogP contribution >= 0.6 is 0 Å². The van der Waals surface area contributed by atoms with E-state index in [1.165, 1.54) is 12.1 Å². The molecule has 0 atom stereocenters. The fourth-order valence-corrected chi connectivity index (χ4v) is 2.49. The van der Waals surface area contributed by atoms with Gasteiger partial charge in [-0.15, -0.1) is 0 Å². The lowest BCUT2D eigenvalue weighted by atomic mass is 9.87. The molecule has 0 amide bonds. The Kier molecular flexibility index (Phi) is 3.09. The van der Waals surface area contributed by atoms with Crippen molar-refractivity contribution >= 4 is 15.5 Å². The van der Waals surface area contributed by atoms with Gasteiger partial charge in [0, 0.05) is 18.3 Å². The number of halogens is 1. The molecule has 1 aromatic carbocycles. The third kappa shape index (κ3) is 2.76. The number of nitrogens with one attached hydrogen (secondary N) is 1. The van der Waals surface area contributed by atoms with Crippen molar-refractivity contribution in [3.8, 4) is 0 Å². The molecule has 1 saturated carbocycles. The molecule has 1 aliphatic carbocycles. The summed E-state index contributed by atoms with van der Waals surface area (Å²) in [7, 11) is -3.31. The lowest BCUT2D eigenvalue weighted by Gasteiger charge is -2.33. The second-order valence-electron chi connectivity index (χ2n) is 4.49. The SMILES string of the molecule is CS(=O)(=O)c1ccc(F)c(NC2CC(N)C2)c1. The average molecular weight is 258 g/mol. The van der Waals surface area contributed by atoms with Crippen molar-refractivity contribution in [3.63, 3.8) is 0 Å². The highest BCUT2D eigenvalue weighted by atomic mass is 32.2. The van der Waals surface area contributed by atoms with E-state index in [-0.39, 0.29) is 22.7 Å². The molecule has 0 spiro atoms. The van der Waals surface area contributed by atoms with Gasteiger partial charge in [0.2, 0.25) is 0 Å². The van der Waals surface area contributed by atoms with Gasteiger partial charge in [0.05, 0.1) is 10.6 Å². The molecular weight excluding hydrogens is 243 g/mol. The summed E-state index contributed by atoms with van der Waals surface area (Å²) in [6, 6.07) is 4.05. The Balaban J connectivity index is 2.21. The number of nitrogens with two attached hydrogens (primary N) is 1. The van der Waals surface area contributed by atoms with Gasteiger partial charge in [-0.1, -0.05) is 0 Å². The number of sulfone groups is 1. The van der Waals surface area contributed by atoms with Crippen LogP contribution in [0.2, 0.25) is 0 Å². The Morgan fingerprint density at radius 2 is 2.06 bits per heavy atom. The largest absolute Gasteiger partial charge is 0.380 e. The van der Waals surface area contributed by atoms with Gasteiger partial charge < -0.3 is 11.1 Å². The molecule has 2 rings (SSSR count). The maximum Gasteiger partial charge on any atom is 0.175 e. The van der Waals surface area contributed by atoms with Gasteiger partial charge in [-0.25, -0.2) is 12.8 Å². The smallest absolute Gasteiger partial charge is 0.175 e. The van der Waals surface area contributed by atoms with Crippen LogP contribution in [0.1, 0.15) is 12.8 Å². The first-order chi connectivity index (χ1) is 7.86. The van der Waals surface area contributed by atoms with Gasteiger partial charge in [-0.3, -0.25) is 0 Å². The van der Waals surface area contributed by atoms with Crippen molar-refractivity contribution in [1.29, 1.82) is 0 Å². The molecule has 0 unspecified atom stereocenters. The van der Waals surface area contributed by atoms with E-state index >= 15 is 0 Å². The molecule has 0 saturated heterocycles.